The molecule has 2 aromatic rings. The van der Waals surface area contributed by atoms with Gasteiger partial charge in [-0.2, -0.15) is 0 Å². The molecule has 0 bridgehead atoms. The molecule has 0 atom stereocenters. The van der Waals surface area contributed by atoms with Gasteiger partial charge in [-0.25, -0.2) is 5.84 Å². The van der Waals surface area contributed by atoms with Gasteiger partial charge in [0, 0.05) is 13.3 Å². The van der Waals surface area contributed by atoms with Crippen molar-refractivity contribution in [2.24, 2.45) is 7.05 Å². The molecule has 0 radical (unpaired) electrons. The molecule has 0 aliphatic rings. The molecule has 0 unspecified atom stereocenters. The largest absolute Gasteiger partial charge is 1.00 e. The fraction of sp³-hybridized carbons (Fsp3) is 0.273. The number of halogens is 1. The lowest BCUT2D eigenvalue weighted by molar-refractivity contribution is -0.738. The minimum absolute atomic E-state index is 0. The van der Waals surface area contributed by atoms with Gasteiger partial charge in [0.05, 0.1) is 0 Å². The van der Waals surface area contributed by atoms with Gasteiger partial charge < -0.3 is 24.0 Å². The Morgan fingerprint density at radius 2 is 1.94 bits per heavy atom. The van der Waals surface area contributed by atoms with Crippen LogP contribution < -0.4 is 34.5 Å². The molecule has 5 heteroatoms. The second kappa shape index (κ2) is 5.29. The average Bonchev–Trinajstić information content (AvgIpc) is 2.47. The number of nitrogens with two attached hydrogens (primary N) is 1. The Bertz CT molecular complexity index is 464. The Morgan fingerprint density at radius 1 is 1.31 bits per heavy atom. The van der Waals surface area contributed by atoms with E-state index in [1.165, 1.54) is 10.4 Å². The summed E-state index contributed by atoms with van der Waals surface area (Å²) in [6, 6.07) is 10.3. The molecule has 0 fully saturated rings. The van der Waals surface area contributed by atoms with Crippen LogP contribution in [0.4, 0.5) is 0 Å². The molecule has 86 valence electrons. The number of aromatic nitrogens is 3. The maximum Gasteiger partial charge on any atom is 0.197 e. The summed E-state index contributed by atoms with van der Waals surface area (Å²) >= 11 is 0. The Balaban J connectivity index is 0.00000128. The van der Waals surface area contributed by atoms with Crippen molar-refractivity contribution in [2.75, 3.05) is 5.84 Å². The average molecular weight is 330 g/mol. The lowest BCUT2D eigenvalue weighted by Gasteiger charge is -1.97. The van der Waals surface area contributed by atoms with Crippen molar-refractivity contribution in [3.63, 3.8) is 0 Å². The standard InChI is InChI=1S/C11H15N4.HI/c1-9-11(14(2)13-15(9)12)8-10-6-4-3-5-7-10;/h3-7H,8H2,1-2H3,(H2,12,13);1H/q+1;/p-1. The Kier molecular flexibility index (Phi) is 4.28. The van der Waals surface area contributed by atoms with E-state index in [1.54, 1.807) is 0 Å². The number of benzene rings is 1. The number of hydrogen-bond donors (Lipinski definition) is 1. The second-order valence-electron chi connectivity index (χ2n) is 3.65. The highest BCUT2D eigenvalue weighted by Gasteiger charge is 2.17. The van der Waals surface area contributed by atoms with E-state index in [4.69, 9.17) is 5.84 Å². The van der Waals surface area contributed by atoms with Gasteiger partial charge in [0.25, 0.3) is 0 Å². The first-order valence-electron chi connectivity index (χ1n) is 4.92. The van der Waals surface area contributed by atoms with E-state index in [0.717, 1.165) is 17.8 Å². The molecule has 0 saturated heterocycles. The first kappa shape index (κ1) is 13.0. The molecular weight excluding hydrogens is 315 g/mol. The van der Waals surface area contributed by atoms with Gasteiger partial charge in [-0.3, -0.25) is 0 Å². The van der Waals surface area contributed by atoms with Gasteiger partial charge in [-0.1, -0.05) is 30.3 Å². The molecular formula is C11H15IN4. The van der Waals surface area contributed by atoms with Crippen molar-refractivity contribution >= 4 is 0 Å². The number of hydrogen-bond acceptors (Lipinski definition) is 2. The van der Waals surface area contributed by atoms with Crippen LogP contribution in [0.1, 0.15) is 17.0 Å². The molecule has 2 N–H and O–H groups in total. The summed E-state index contributed by atoms with van der Waals surface area (Å²) in [4.78, 5) is 1.41. The minimum atomic E-state index is 0. The van der Waals surface area contributed by atoms with E-state index in [2.05, 4.69) is 17.3 Å². The first-order valence-corrected chi connectivity index (χ1v) is 4.92. The van der Waals surface area contributed by atoms with Crippen molar-refractivity contribution in [2.45, 2.75) is 13.3 Å². The molecule has 0 aliphatic carbocycles. The first-order chi connectivity index (χ1) is 7.18. The number of aryl methyl sites for hydroxylation is 1. The molecule has 1 aromatic carbocycles. The third-order valence-electron chi connectivity index (χ3n) is 2.60. The highest BCUT2D eigenvalue weighted by molar-refractivity contribution is 5.21. The molecule has 0 spiro atoms. The lowest BCUT2D eigenvalue weighted by Crippen LogP contribution is -3.00. The third-order valence-corrected chi connectivity index (χ3v) is 2.60. The zero-order valence-electron chi connectivity index (χ0n) is 9.39. The molecule has 16 heavy (non-hydrogen) atoms. The summed E-state index contributed by atoms with van der Waals surface area (Å²) in [5, 5.41) is 4.12. The van der Waals surface area contributed by atoms with Crippen LogP contribution in [0, 0.1) is 6.92 Å². The van der Waals surface area contributed by atoms with Gasteiger partial charge in [0.15, 0.2) is 11.4 Å². The van der Waals surface area contributed by atoms with E-state index in [-0.39, 0.29) is 24.0 Å². The van der Waals surface area contributed by atoms with Gasteiger partial charge in [-0.15, -0.1) is 4.68 Å². The van der Waals surface area contributed by atoms with Gasteiger partial charge >= 0.3 is 0 Å². The number of nitrogens with zero attached hydrogens (tertiary/aromatic N) is 3. The van der Waals surface area contributed by atoms with Crippen LogP contribution >= 0.6 is 0 Å². The van der Waals surface area contributed by atoms with Crippen molar-refractivity contribution in [3.05, 3.63) is 47.3 Å². The van der Waals surface area contributed by atoms with E-state index in [9.17, 15) is 0 Å². The summed E-state index contributed by atoms with van der Waals surface area (Å²) in [5.41, 5.74) is 3.41. The van der Waals surface area contributed by atoms with Gasteiger partial charge in [-0.05, 0) is 10.4 Å². The van der Waals surface area contributed by atoms with E-state index in [0.29, 0.717) is 0 Å². The molecule has 4 nitrogen and oxygen atoms in total. The van der Waals surface area contributed by atoms with Crippen LogP contribution in [0.5, 0.6) is 0 Å². The van der Waals surface area contributed by atoms with Crippen molar-refractivity contribution in [1.82, 2.24) is 10.0 Å². The number of nitrogen functional groups attached to an aromatic ring is 1. The summed E-state index contributed by atoms with van der Waals surface area (Å²) < 4.78 is 1.82. The highest BCUT2D eigenvalue weighted by Crippen LogP contribution is 2.07. The third kappa shape index (κ3) is 2.52. The molecule has 0 saturated carbocycles. The summed E-state index contributed by atoms with van der Waals surface area (Å²) in [6.45, 7) is 1.98. The van der Waals surface area contributed by atoms with Crippen molar-refractivity contribution in [1.29, 1.82) is 0 Å². The Hall–Kier alpha value is -1.11. The fourth-order valence-corrected chi connectivity index (χ4v) is 1.66. The highest BCUT2D eigenvalue weighted by atomic mass is 127. The van der Waals surface area contributed by atoms with E-state index >= 15 is 0 Å². The predicted octanol–water partition coefficient (Wildman–Crippen LogP) is -2.68. The zero-order chi connectivity index (χ0) is 10.8. The smallest absolute Gasteiger partial charge is 0.197 e. The van der Waals surface area contributed by atoms with Crippen molar-refractivity contribution < 1.29 is 28.7 Å². The minimum Gasteiger partial charge on any atom is -1.00 e. The second-order valence-corrected chi connectivity index (χ2v) is 3.65. The van der Waals surface area contributed by atoms with Crippen LogP contribution in [0.2, 0.25) is 0 Å². The van der Waals surface area contributed by atoms with E-state index < -0.39 is 0 Å². The lowest BCUT2D eigenvalue weighted by atomic mass is 10.1. The van der Waals surface area contributed by atoms with Crippen LogP contribution in [0.25, 0.3) is 0 Å². The maximum atomic E-state index is 5.68. The predicted molar refractivity (Wildman–Crippen MR) is 57.5 cm³/mol. The summed E-state index contributed by atoms with van der Waals surface area (Å²) in [6.07, 6.45) is 0.861. The van der Waals surface area contributed by atoms with Crippen LogP contribution in [-0.4, -0.2) is 10.0 Å². The quantitative estimate of drug-likeness (QED) is 0.371. The monoisotopic (exact) mass is 330 g/mol. The Morgan fingerprint density at radius 3 is 2.44 bits per heavy atom. The summed E-state index contributed by atoms with van der Waals surface area (Å²) in [7, 11) is 1.91. The molecule has 1 aromatic heterocycles. The molecule has 1 heterocycles. The number of rotatable bonds is 2. The topological polar surface area (TPSA) is 47.7 Å². The maximum absolute atomic E-state index is 5.68. The molecule has 0 aliphatic heterocycles. The molecule has 0 amide bonds. The summed E-state index contributed by atoms with van der Waals surface area (Å²) in [5.74, 6) is 5.68. The fourth-order valence-electron chi connectivity index (χ4n) is 1.66. The van der Waals surface area contributed by atoms with Crippen LogP contribution in [0.15, 0.2) is 30.3 Å². The van der Waals surface area contributed by atoms with Crippen molar-refractivity contribution in [3.8, 4) is 0 Å². The van der Waals surface area contributed by atoms with Crippen LogP contribution in [-0.2, 0) is 13.5 Å². The van der Waals surface area contributed by atoms with Gasteiger partial charge in [0.1, 0.15) is 12.3 Å². The zero-order valence-corrected chi connectivity index (χ0v) is 11.5. The Labute approximate surface area is 112 Å². The van der Waals surface area contributed by atoms with Crippen LogP contribution in [0.3, 0.4) is 0 Å². The molecule has 2 rings (SSSR count). The van der Waals surface area contributed by atoms with E-state index in [1.807, 2.05) is 36.9 Å². The normalized spacial score (nSPS) is 9.88. The van der Waals surface area contributed by atoms with Gasteiger partial charge in [0.2, 0.25) is 0 Å². The SMILES string of the molecule is Cc1c(Cc2ccccc2)[n+](C)nn1N.[I-].